The third-order valence-corrected chi connectivity index (χ3v) is 1.87. The van der Waals surface area contributed by atoms with Crippen molar-refractivity contribution in [2.75, 3.05) is 0 Å². The molecule has 0 aliphatic heterocycles. The fourth-order valence-electron chi connectivity index (χ4n) is 1.29. The van der Waals surface area contributed by atoms with Gasteiger partial charge in [0.15, 0.2) is 0 Å². The molecule has 0 saturated heterocycles. The van der Waals surface area contributed by atoms with Crippen LogP contribution in [-0.2, 0) is 4.74 Å². The molecule has 0 atom stereocenters. The Bertz CT molecular complexity index is 280. The third kappa shape index (κ3) is 4.13. The lowest BCUT2D eigenvalue weighted by Gasteiger charge is -2.08. The van der Waals surface area contributed by atoms with Gasteiger partial charge in [-0.3, -0.25) is 0 Å². The summed E-state index contributed by atoms with van der Waals surface area (Å²) in [6.07, 6.45) is 13.0. The Morgan fingerprint density at radius 2 is 2.29 bits per heavy atom. The van der Waals surface area contributed by atoms with Gasteiger partial charge in [-0.15, -0.1) is 0 Å². The van der Waals surface area contributed by atoms with E-state index >= 15 is 0 Å². The first kappa shape index (κ1) is 10.8. The molecule has 76 valence electrons. The Kier molecular flexibility index (Phi) is 4.24. The van der Waals surface area contributed by atoms with E-state index in [-0.39, 0.29) is 6.10 Å². The highest BCUT2D eigenvalue weighted by molar-refractivity contribution is 5.34. The molecule has 1 aliphatic carbocycles. The highest BCUT2D eigenvalue weighted by Crippen LogP contribution is 2.12. The van der Waals surface area contributed by atoms with Crippen LogP contribution in [0.1, 0.15) is 26.7 Å². The van der Waals surface area contributed by atoms with E-state index in [4.69, 9.17) is 4.74 Å². The second kappa shape index (κ2) is 5.48. The van der Waals surface area contributed by atoms with Crippen molar-refractivity contribution in [1.82, 2.24) is 0 Å². The summed E-state index contributed by atoms with van der Waals surface area (Å²) in [7, 11) is 0. The summed E-state index contributed by atoms with van der Waals surface area (Å²) in [5.41, 5.74) is 1.24. The molecule has 14 heavy (non-hydrogen) atoms. The van der Waals surface area contributed by atoms with Crippen LogP contribution in [0, 0.1) is 0 Å². The maximum atomic E-state index is 5.41. The number of hydrogen-bond donors (Lipinski definition) is 0. The molecule has 1 heteroatoms. The maximum absolute atomic E-state index is 5.41. The molecule has 0 unspecified atom stereocenters. The van der Waals surface area contributed by atoms with Gasteiger partial charge in [0, 0.05) is 0 Å². The normalized spacial score (nSPS) is 16.1. The third-order valence-electron chi connectivity index (χ3n) is 1.87. The zero-order valence-electron chi connectivity index (χ0n) is 8.99. The summed E-state index contributed by atoms with van der Waals surface area (Å²) in [5, 5.41) is 0. The summed E-state index contributed by atoms with van der Waals surface area (Å²) < 4.78 is 5.41. The molecule has 0 saturated carbocycles. The van der Waals surface area contributed by atoms with Crippen LogP contribution in [-0.4, -0.2) is 6.10 Å². The van der Waals surface area contributed by atoms with Crippen molar-refractivity contribution in [3.05, 3.63) is 48.3 Å². The number of allylic oxidation sites excluding steroid dienone is 6. The minimum Gasteiger partial charge on any atom is -0.492 e. The lowest BCUT2D eigenvalue weighted by atomic mass is 10.1. The van der Waals surface area contributed by atoms with Crippen molar-refractivity contribution in [2.24, 2.45) is 0 Å². The van der Waals surface area contributed by atoms with Crippen molar-refractivity contribution in [1.29, 1.82) is 0 Å². The van der Waals surface area contributed by atoms with Crippen LogP contribution in [0.4, 0.5) is 0 Å². The van der Waals surface area contributed by atoms with Gasteiger partial charge in [-0.2, -0.15) is 0 Å². The lowest BCUT2D eigenvalue weighted by molar-refractivity contribution is 0.159. The average molecular weight is 190 g/mol. The van der Waals surface area contributed by atoms with Crippen LogP contribution in [0.3, 0.4) is 0 Å². The monoisotopic (exact) mass is 190 g/mol. The van der Waals surface area contributed by atoms with Crippen molar-refractivity contribution in [2.45, 2.75) is 32.8 Å². The largest absolute Gasteiger partial charge is 0.492 e. The standard InChI is InChI=1S/C13H18O/c1-11(2)14-12(3)9-10-13-7-5-4-6-8-13/h5,7-11H,3-4,6H2,1-2H3/b10-9+. The summed E-state index contributed by atoms with van der Waals surface area (Å²) in [5.74, 6) is 0.722. The average Bonchev–Trinajstić information content (AvgIpc) is 2.15. The van der Waals surface area contributed by atoms with E-state index in [1.54, 1.807) is 0 Å². The molecule has 0 aromatic carbocycles. The fourth-order valence-corrected chi connectivity index (χ4v) is 1.29. The zero-order chi connectivity index (χ0) is 10.4. The molecule has 0 spiro atoms. The van der Waals surface area contributed by atoms with Gasteiger partial charge in [-0.25, -0.2) is 0 Å². The molecule has 0 aromatic rings. The van der Waals surface area contributed by atoms with E-state index in [0.717, 1.165) is 18.6 Å². The summed E-state index contributed by atoms with van der Waals surface area (Å²) in [6, 6.07) is 0. The van der Waals surface area contributed by atoms with Gasteiger partial charge in [-0.1, -0.05) is 30.9 Å². The SMILES string of the molecule is C=C(/C=C/C1=CCCC=C1)OC(C)C. The summed E-state index contributed by atoms with van der Waals surface area (Å²) in [6.45, 7) is 7.82. The highest BCUT2D eigenvalue weighted by atomic mass is 16.5. The Morgan fingerprint density at radius 1 is 1.50 bits per heavy atom. The Balaban J connectivity index is 2.43. The predicted octanol–water partition coefficient (Wildman–Crippen LogP) is 3.76. The smallest absolute Gasteiger partial charge is 0.112 e. The van der Waals surface area contributed by atoms with E-state index in [1.165, 1.54) is 5.57 Å². The zero-order valence-corrected chi connectivity index (χ0v) is 8.99. The van der Waals surface area contributed by atoms with E-state index in [0.29, 0.717) is 0 Å². The lowest BCUT2D eigenvalue weighted by Crippen LogP contribution is -1.99. The molecule has 0 N–H and O–H groups in total. The first-order valence-electron chi connectivity index (χ1n) is 5.09. The van der Waals surface area contributed by atoms with Gasteiger partial charge in [0.2, 0.25) is 0 Å². The van der Waals surface area contributed by atoms with Crippen molar-refractivity contribution in [3.63, 3.8) is 0 Å². The van der Waals surface area contributed by atoms with Crippen molar-refractivity contribution in [3.8, 4) is 0 Å². The molecule has 0 amide bonds. The van der Waals surface area contributed by atoms with Crippen molar-refractivity contribution >= 4 is 0 Å². The molecular formula is C13H18O. The van der Waals surface area contributed by atoms with Crippen molar-refractivity contribution < 1.29 is 4.74 Å². The van der Waals surface area contributed by atoms with E-state index < -0.39 is 0 Å². The maximum Gasteiger partial charge on any atom is 0.112 e. The molecular weight excluding hydrogens is 172 g/mol. The topological polar surface area (TPSA) is 9.23 Å². The number of ether oxygens (including phenoxy) is 1. The Labute approximate surface area is 86.5 Å². The van der Waals surface area contributed by atoms with Gasteiger partial charge >= 0.3 is 0 Å². The van der Waals surface area contributed by atoms with Gasteiger partial charge in [-0.05, 0) is 38.3 Å². The molecule has 0 heterocycles. The van der Waals surface area contributed by atoms with Crippen LogP contribution in [0.25, 0.3) is 0 Å². The fraction of sp³-hybridized carbons (Fsp3) is 0.385. The van der Waals surface area contributed by atoms with E-state index in [9.17, 15) is 0 Å². The molecule has 1 aliphatic rings. The van der Waals surface area contributed by atoms with Gasteiger partial charge in [0.05, 0.1) is 6.10 Å². The summed E-state index contributed by atoms with van der Waals surface area (Å²) in [4.78, 5) is 0. The van der Waals surface area contributed by atoms with Gasteiger partial charge in [0.1, 0.15) is 5.76 Å². The van der Waals surface area contributed by atoms with Gasteiger partial charge < -0.3 is 4.74 Å². The predicted molar refractivity (Wildman–Crippen MR) is 61.0 cm³/mol. The first-order chi connectivity index (χ1) is 6.68. The van der Waals surface area contributed by atoms with Gasteiger partial charge in [0.25, 0.3) is 0 Å². The van der Waals surface area contributed by atoms with Crippen LogP contribution in [0.15, 0.2) is 48.3 Å². The van der Waals surface area contributed by atoms with Crippen LogP contribution in [0.2, 0.25) is 0 Å². The van der Waals surface area contributed by atoms with E-state index in [2.05, 4.69) is 24.8 Å². The molecule has 0 radical (unpaired) electrons. The molecule has 0 aromatic heterocycles. The Hall–Kier alpha value is -1.24. The van der Waals surface area contributed by atoms with Crippen LogP contribution < -0.4 is 0 Å². The molecule has 1 nitrogen and oxygen atoms in total. The second-order valence-corrected chi connectivity index (χ2v) is 3.65. The first-order valence-corrected chi connectivity index (χ1v) is 5.09. The minimum absolute atomic E-state index is 0.197. The van der Waals surface area contributed by atoms with Crippen LogP contribution >= 0.6 is 0 Å². The molecule has 0 fully saturated rings. The number of hydrogen-bond acceptors (Lipinski definition) is 1. The second-order valence-electron chi connectivity index (χ2n) is 3.65. The summed E-state index contributed by atoms with van der Waals surface area (Å²) >= 11 is 0. The van der Waals surface area contributed by atoms with E-state index in [1.807, 2.05) is 26.0 Å². The minimum atomic E-state index is 0.197. The molecule has 1 rings (SSSR count). The Morgan fingerprint density at radius 3 is 2.86 bits per heavy atom. The highest BCUT2D eigenvalue weighted by Gasteiger charge is 1.95. The van der Waals surface area contributed by atoms with Crippen LogP contribution in [0.5, 0.6) is 0 Å². The molecule has 0 bridgehead atoms. The number of rotatable bonds is 4. The quantitative estimate of drug-likeness (QED) is 0.484.